The maximum absolute atomic E-state index is 12.6. The Hall–Kier alpha value is -1.92. The summed E-state index contributed by atoms with van der Waals surface area (Å²) < 4.78 is 6.68. The van der Waals surface area contributed by atoms with Crippen LogP contribution in [0.5, 0.6) is 11.6 Å². The van der Waals surface area contributed by atoms with Crippen LogP contribution in [0.3, 0.4) is 0 Å². The smallest absolute Gasteiger partial charge is 0.259 e. The number of pyridine rings is 1. The maximum atomic E-state index is 12.6. The molecule has 5 nitrogen and oxygen atoms in total. The Kier molecular flexibility index (Phi) is 4.40. The van der Waals surface area contributed by atoms with E-state index in [0.717, 1.165) is 10.9 Å². The lowest BCUT2D eigenvalue weighted by Crippen LogP contribution is -2.32. The highest BCUT2D eigenvalue weighted by Gasteiger charge is 2.27. The molecule has 0 spiro atoms. The first-order valence-electron chi connectivity index (χ1n) is 7.07. The Bertz CT molecular complexity index is 693. The molecule has 1 amide bonds. The van der Waals surface area contributed by atoms with E-state index in [-0.39, 0.29) is 11.9 Å². The molecule has 6 heteroatoms. The number of ether oxygens (including phenoxy) is 1. The zero-order valence-electron chi connectivity index (χ0n) is 11.9. The van der Waals surface area contributed by atoms with E-state index in [1.54, 1.807) is 23.2 Å². The molecular weight excluding hydrogens is 346 g/mol. The van der Waals surface area contributed by atoms with E-state index in [9.17, 15) is 4.79 Å². The van der Waals surface area contributed by atoms with Crippen LogP contribution >= 0.6 is 15.9 Å². The maximum Gasteiger partial charge on any atom is 0.259 e. The van der Waals surface area contributed by atoms with Gasteiger partial charge in [-0.2, -0.15) is 0 Å². The molecule has 2 N–H and O–H groups in total. The number of hydrogen-bond donors (Lipinski definition) is 1. The van der Waals surface area contributed by atoms with E-state index in [1.807, 2.05) is 24.3 Å². The molecule has 1 aromatic heterocycles. The monoisotopic (exact) mass is 361 g/mol. The normalized spacial score (nSPS) is 17.5. The highest BCUT2D eigenvalue weighted by Crippen LogP contribution is 2.26. The lowest BCUT2D eigenvalue weighted by Gasteiger charge is -2.17. The Morgan fingerprint density at radius 3 is 2.95 bits per heavy atom. The van der Waals surface area contributed by atoms with Crippen LogP contribution in [-0.4, -0.2) is 34.9 Å². The van der Waals surface area contributed by atoms with Crippen molar-refractivity contribution in [3.05, 3.63) is 52.6 Å². The van der Waals surface area contributed by atoms with Gasteiger partial charge in [0.05, 0.1) is 0 Å². The van der Waals surface area contributed by atoms with E-state index < -0.39 is 0 Å². The molecule has 0 bridgehead atoms. The Balaban J connectivity index is 1.85. The summed E-state index contributed by atoms with van der Waals surface area (Å²) >= 11 is 3.39. The van der Waals surface area contributed by atoms with Gasteiger partial charge in [0.2, 0.25) is 5.88 Å². The van der Waals surface area contributed by atoms with Crippen LogP contribution in [0, 0.1) is 0 Å². The third-order valence-electron chi connectivity index (χ3n) is 3.52. The van der Waals surface area contributed by atoms with Crippen molar-refractivity contribution in [2.24, 2.45) is 5.73 Å². The van der Waals surface area contributed by atoms with E-state index in [0.29, 0.717) is 30.3 Å². The predicted molar refractivity (Wildman–Crippen MR) is 86.9 cm³/mol. The number of amides is 1. The summed E-state index contributed by atoms with van der Waals surface area (Å²) in [5.41, 5.74) is 6.33. The molecule has 1 fully saturated rings. The van der Waals surface area contributed by atoms with Crippen molar-refractivity contribution in [2.45, 2.75) is 12.5 Å². The van der Waals surface area contributed by atoms with Crippen LogP contribution in [0.15, 0.2) is 47.1 Å². The quantitative estimate of drug-likeness (QED) is 0.912. The van der Waals surface area contributed by atoms with Crippen LogP contribution in [0.25, 0.3) is 0 Å². The lowest BCUT2D eigenvalue weighted by atomic mass is 10.2. The van der Waals surface area contributed by atoms with Gasteiger partial charge in [0, 0.05) is 29.8 Å². The Labute approximate surface area is 137 Å². The molecule has 1 atom stereocenters. The molecule has 0 unspecified atom stereocenters. The molecule has 0 saturated carbocycles. The fourth-order valence-corrected chi connectivity index (χ4v) is 2.80. The molecule has 1 saturated heterocycles. The number of hydrogen-bond acceptors (Lipinski definition) is 4. The van der Waals surface area contributed by atoms with Crippen molar-refractivity contribution in [3.63, 3.8) is 0 Å². The molecule has 1 aliphatic rings. The SMILES string of the molecule is N[C@H]1CCN(C(=O)c2cccnc2Oc2cccc(Br)c2)C1. The summed E-state index contributed by atoms with van der Waals surface area (Å²) in [6.45, 7) is 1.25. The summed E-state index contributed by atoms with van der Waals surface area (Å²) in [5, 5.41) is 0. The number of carbonyl (C=O) groups excluding carboxylic acids is 1. The minimum Gasteiger partial charge on any atom is -0.438 e. The fourth-order valence-electron chi connectivity index (χ4n) is 2.42. The highest BCUT2D eigenvalue weighted by atomic mass is 79.9. The topological polar surface area (TPSA) is 68.5 Å². The molecule has 22 heavy (non-hydrogen) atoms. The molecule has 1 aromatic carbocycles. The summed E-state index contributed by atoms with van der Waals surface area (Å²) in [4.78, 5) is 18.6. The Morgan fingerprint density at radius 2 is 2.23 bits per heavy atom. The average Bonchev–Trinajstić information content (AvgIpc) is 2.94. The molecular formula is C16H16BrN3O2. The van der Waals surface area contributed by atoms with Crippen molar-refractivity contribution in [2.75, 3.05) is 13.1 Å². The average molecular weight is 362 g/mol. The van der Waals surface area contributed by atoms with E-state index >= 15 is 0 Å². The van der Waals surface area contributed by atoms with Gasteiger partial charge in [-0.3, -0.25) is 4.79 Å². The van der Waals surface area contributed by atoms with Gasteiger partial charge in [0.1, 0.15) is 11.3 Å². The third-order valence-corrected chi connectivity index (χ3v) is 4.02. The summed E-state index contributed by atoms with van der Waals surface area (Å²) in [6.07, 6.45) is 2.44. The van der Waals surface area contributed by atoms with Crippen LogP contribution in [0.1, 0.15) is 16.8 Å². The minimum atomic E-state index is -0.0916. The molecule has 114 valence electrons. The third kappa shape index (κ3) is 3.28. The van der Waals surface area contributed by atoms with Gasteiger partial charge in [-0.25, -0.2) is 4.98 Å². The second-order valence-electron chi connectivity index (χ2n) is 5.22. The van der Waals surface area contributed by atoms with Crippen molar-refractivity contribution in [3.8, 4) is 11.6 Å². The molecule has 1 aliphatic heterocycles. The van der Waals surface area contributed by atoms with Crippen molar-refractivity contribution < 1.29 is 9.53 Å². The van der Waals surface area contributed by atoms with Gasteiger partial charge >= 0.3 is 0 Å². The first-order chi connectivity index (χ1) is 10.6. The van der Waals surface area contributed by atoms with Gasteiger partial charge in [-0.05, 0) is 36.8 Å². The van der Waals surface area contributed by atoms with Gasteiger partial charge in [0.15, 0.2) is 0 Å². The second-order valence-corrected chi connectivity index (χ2v) is 6.13. The first kappa shape index (κ1) is 15.0. The van der Waals surface area contributed by atoms with Gasteiger partial charge in [0.25, 0.3) is 5.91 Å². The van der Waals surface area contributed by atoms with Crippen molar-refractivity contribution >= 4 is 21.8 Å². The number of halogens is 1. The van der Waals surface area contributed by atoms with Crippen molar-refractivity contribution in [1.29, 1.82) is 0 Å². The van der Waals surface area contributed by atoms with Gasteiger partial charge in [-0.15, -0.1) is 0 Å². The highest BCUT2D eigenvalue weighted by molar-refractivity contribution is 9.10. The second kappa shape index (κ2) is 6.46. The van der Waals surface area contributed by atoms with Crippen LogP contribution < -0.4 is 10.5 Å². The fraction of sp³-hybridized carbons (Fsp3) is 0.250. The minimum absolute atomic E-state index is 0.0510. The van der Waals surface area contributed by atoms with Crippen LogP contribution in [0.4, 0.5) is 0 Å². The number of rotatable bonds is 3. The van der Waals surface area contributed by atoms with Crippen LogP contribution in [-0.2, 0) is 0 Å². The van der Waals surface area contributed by atoms with Crippen molar-refractivity contribution in [1.82, 2.24) is 9.88 Å². The number of nitrogens with zero attached hydrogens (tertiary/aromatic N) is 2. The number of carbonyl (C=O) groups is 1. The largest absolute Gasteiger partial charge is 0.438 e. The number of nitrogens with two attached hydrogens (primary N) is 1. The number of benzene rings is 1. The van der Waals surface area contributed by atoms with Gasteiger partial charge in [-0.1, -0.05) is 22.0 Å². The predicted octanol–water partition coefficient (Wildman–Crippen LogP) is 2.81. The van der Waals surface area contributed by atoms with E-state index in [4.69, 9.17) is 10.5 Å². The van der Waals surface area contributed by atoms with Crippen LogP contribution in [0.2, 0.25) is 0 Å². The molecule has 2 aromatic rings. The molecule has 3 rings (SSSR count). The summed E-state index contributed by atoms with van der Waals surface area (Å²) in [6, 6.07) is 10.9. The zero-order valence-corrected chi connectivity index (χ0v) is 13.5. The zero-order chi connectivity index (χ0) is 15.5. The molecule has 0 radical (unpaired) electrons. The van der Waals surface area contributed by atoms with E-state index in [2.05, 4.69) is 20.9 Å². The van der Waals surface area contributed by atoms with E-state index in [1.165, 1.54) is 0 Å². The molecule has 0 aliphatic carbocycles. The number of aromatic nitrogens is 1. The Morgan fingerprint density at radius 1 is 1.36 bits per heavy atom. The first-order valence-corrected chi connectivity index (χ1v) is 7.86. The molecule has 2 heterocycles. The standard InChI is InChI=1S/C16H16BrN3O2/c17-11-3-1-4-13(9-11)22-15-14(5-2-7-19-15)16(21)20-8-6-12(18)10-20/h1-5,7,9,12H,6,8,10,18H2/t12-/m0/s1. The lowest BCUT2D eigenvalue weighted by molar-refractivity contribution is 0.0787. The van der Waals surface area contributed by atoms with Gasteiger partial charge < -0.3 is 15.4 Å². The number of likely N-dealkylation sites (tertiary alicyclic amines) is 1. The summed E-state index contributed by atoms with van der Waals surface area (Å²) in [5.74, 6) is 0.845. The summed E-state index contributed by atoms with van der Waals surface area (Å²) in [7, 11) is 0.